The number of alkyl halides is 3. The van der Waals surface area contributed by atoms with Crippen molar-refractivity contribution in [1.29, 1.82) is 0 Å². The van der Waals surface area contributed by atoms with Gasteiger partial charge in [0.2, 0.25) is 0 Å². The van der Waals surface area contributed by atoms with Crippen LogP contribution in [-0.2, 0) is 12.6 Å². The lowest BCUT2D eigenvalue weighted by Gasteiger charge is -2.13. The molecule has 0 atom stereocenters. The predicted molar refractivity (Wildman–Crippen MR) is 51.5 cm³/mol. The first-order valence-electron chi connectivity index (χ1n) is 4.43. The summed E-state index contributed by atoms with van der Waals surface area (Å²) in [6.45, 7) is 1.63. The quantitative estimate of drug-likeness (QED) is 0.808. The van der Waals surface area contributed by atoms with Gasteiger partial charge in [-0.2, -0.15) is 13.2 Å². The minimum absolute atomic E-state index is 0.162. The largest absolute Gasteiger partial charge is 0.417 e. The number of hydrogen-bond donors (Lipinski definition) is 2. The van der Waals surface area contributed by atoms with Gasteiger partial charge < -0.3 is 11.5 Å². The molecule has 0 saturated carbocycles. The monoisotopic (exact) mass is 233 g/mol. The van der Waals surface area contributed by atoms with Gasteiger partial charge in [-0.25, -0.2) is 4.98 Å². The molecular formula is C9H10F3N3O. The van der Waals surface area contributed by atoms with E-state index >= 15 is 0 Å². The van der Waals surface area contributed by atoms with E-state index in [0.717, 1.165) is 6.07 Å². The number of carbonyl (C=O) groups excluding carboxylic acids is 1. The number of nitrogens with two attached hydrogens (primary N) is 2. The molecule has 16 heavy (non-hydrogen) atoms. The van der Waals surface area contributed by atoms with Crippen molar-refractivity contribution < 1.29 is 18.0 Å². The molecule has 0 aromatic carbocycles. The van der Waals surface area contributed by atoms with Gasteiger partial charge in [0, 0.05) is 5.69 Å². The van der Waals surface area contributed by atoms with Crippen LogP contribution in [0.2, 0.25) is 0 Å². The zero-order chi connectivity index (χ0) is 12.5. The van der Waals surface area contributed by atoms with E-state index in [1.165, 1.54) is 0 Å². The summed E-state index contributed by atoms with van der Waals surface area (Å²) in [4.78, 5) is 14.6. The summed E-state index contributed by atoms with van der Waals surface area (Å²) < 4.78 is 37.8. The number of aryl methyl sites for hydroxylation is 1. The Kier molecular flexibility index (Phi) is 3.06. The molecular weight excluding hydrogens is 223 g/mol. The molecule has 0 aliphatic rings. The molecule has 1 heterocycles. The zero-order valence-electron chi connectivity index (χ0n) is 8.43. The van der Waals surface area contributed by atoms with Crippen LogP contribution in [0.5, 0.6) is 0 Å². The molecule has 1 aromatic rings. The zero-order valence-corrected chi connectivity index (χ0v) is 8.43. The summed E-state index contributed by atoms with van der Waals surface area (Å²) in [6.07, 6.45) is -4.39. The van der Waals surface area contributed by atoms with E-state index in [1.54, 1.807) is 6.92 Å². The van der Waals surface area contributed by atoms with Gasteiger partial charge in [-0.05, 0) is 12.5 Å². The van der Waals surface area contributed by atoms with Crippen molar-refractivity contribution >= 4 is 11.7 Å². The highest BCUT2D eigenvalue weighted by Crippen LogP contribution is 2.34. The first-order valence-corrected chi connectivity index (χ1v) is 4.43. The molecule has 0 spiro atoms. The Balaban J connectivity index is 3.53. The van der Waals surface area contributed by atoms with Gasteiger partial charge in [0.1, 0.15) is 5.82 Å². The van der Waals surface area contributed by atoms with Gasteiger partial charge in [-0.1, -0.05) is 6.92 Å². The van der Waals surface area contributed by atoms with Crippen molar-refractivity contribution in [1.82, 2.24) is 4.98 Å². The van der Waals surface area contributed by atoms with Crippen LogP contribution < -0.4 is 11.5 Å². The number of carbonyl (C=O) groups is 1. The second-order valence-corrected chi connectivity index (χ2v) is 3.14. The lowest BCUT2D eigenvalue weighted by Crippen LogP contribution is -2.22. The first kappa shape index (κ1) is 12.3. The van der Waals surface area contributed by atoms with Gasteiger partial charge in [0.25, 0.3) is 5.91 Å². The average molecular weight is 233 g/mol. The van der Waals surface area contributed by atoms with Gasteiger partial charge in [0.15, 0.2) is 0 Å². The third-order valence-corrected chi connectivity index (χ3v) is 2.01. The number of nitrogen functional groups attached to an aromatic ring is 1. The number of aromatic nitrogens is 1. The molecule has 1 aromatic heterocycles. The third-order valence-electron chi connectivity index (χ3n) is 2.01. The SMILES string of the molecule is CCc1cc(C(F)(F)F)c(C(N)=O)c(N)n1. The number of anilines is 1. The standard InChI is InChI=1S/C9H10F3N3O/c1-2-4-3-5(9(10,11)12)6(8(14)16)7(13)15-4/h3H,2H2,1H3,(H2,13,15)(H2,14,16). The summed E-state index contributed by atoms with van der Waals surface area (Å²) in [5.41, 5.74) is 8.38. The van der Waals surface area contributed by atoms with Gasteiger partial charge in [-0.15, -0.1) is 0 Å². The summed E-state index contributed by atoms with van der Waals surface area (Å²) in [7, 11) is 0. The Morgan fingerprint density at radius 1 is 1.50 bits per heavy atom. The smallest absolute Gasteiger partial charge is 0.383 e. The molecule has 0 radical (unpaired) electrons. The van der Waals surface area contributed by atoms with E-state index in [2.05, 4.69) is 4.98 Å². The molecule has 0 saturated heterocycles. The Labute approximate surface area is 89.4 Å². The fourth-order valence-electron chi connectivity index (χ4n) is 1.28. The second kappa shape index (κ2) is 3.99. The summed E-state index contributed by atoms with van der Waals surface area (Å²) in [6, 6.07) is 0.788. The Morgan fingerprint density at radius 3 is 2.44 bits per heavy atom. The van der Waals surface area contributed by atoms with Crippen LogP contribution in [0.25, 0.3) is 0 Å². The van der Waals surface area contributed by atoms with E-state index < -0.39 is 29.0 Å². The van der Waals surface area contributed by atoms with E-state index in [-0.39, 0.29) is 12.1 Å². The predicted octanol–water partition coefficient (Wildman–Crippen LogP) is 1.34. The molecule has 1 amide bonds. The van der Waals surface area contributed by atoms with E-state index in [9.17, 15) is 18.0 Å². The summed E-state index contributed by atoms with van der Waals surface area (Å²) >= 11 is 0. The molecule has 0 bridgehead atoms. The number of rotatable bonds is 2. The molecule has 7 heteroatoms. The number of pyridine rings is 1. The second-order valence-electron chi connectivity index (χ2n) is 3.14. The van der Waals surface area contributed by atoms with Crippen LogP contribution in [-0.4, -0.2) is 10.9 Å². The molecule has 4 nitrogen and oxygen atoms in total. The molecule has 0 unspecified atom stereocenters. The van der Waals surface area contributed by atoms with Crippen LogP contribution in [0.3, 0.4) is 0 Å². The van der Waals surface area contributed by atoms with Crippen LogP contribution >= 0.6 is 0 Å². The Bertz CT molecular complexity index is 429. The fraction of sp³-hybridized carbons (Fsp3) is 0.333. The highest BCUT2D eigenvalue weighted by molar-refractivity contribution is 5.98. The topological polar surface area (TPSA) is 82.0 Å². The number of amides is 1. The van der Waals surface area contributed by atoms with Crippen molar-refractivity contribution in [3.63, 3.8) is 0 Å². The van der Waals surface area contributed by atoms with Crippen LogP contribution in [0, 0.1) is 0 Å². The maximum absolute atomic E-state index is 12.6. The maximum Gasteiger partial charge on any atom is 0.417 e. The van der Waals surface area contributed by atoms with Gasteiger partial charge in [-0.3, -0.25) is 4.79 Å². The molecule has 4 N–H and O–H groups in total. The van der Waals surface area contributed by atoms with E-state index in [0.29, 0.717) is 0 Å². The average Bonchev–Trinajstić information content (AvgIpc) is 2.14. The van der Waals surface area contributed by atoms with Crippen molar-refractivity contribution in [3.8, 4) is 0 Å². The van der Waals surface area contributed by atoms with Crippen molar-refractivity contribution in [3.05, 3.63) is 22.9 Å². The maximum atomic E-state index is 12.6. The normalized spacial score (nSPS) is 11.5. The Morgan fingerprint density at radius 2 is 2.06 bits per heavy atom. The van der Waals surface area contributed by atoms with E-state index in [1.807, 2.05) is 0 Å². The number of nitrogens with zero attached hydrogens (tertiary/aromatic N) is 1. The first-order chi connectivity index (χ1) is 7.27. The minimum Gasteiger partial charge on any atom is -0.383 e. The number of primary amides is 1. The fourth-order valence-corrected chi connectivity index (χ4v) is 1.28. The number of hydrogen-bond acceptors (Lipinski definition) is 3. The molecule has 88 valence electrons. The van der Waals surface area contributed by atoms with Gasteiger partial charge >= 0.3 is 6.18 Å². The molecule has 0 aliphatic carbocycles. The number of halogens is 3. The molecule has 1 rings (SSSR count). The van der Waals surface area contributed by atoms with Crippen LogP contribution in [0.4, 0.5) is 19.0 Å². The van der Waals surface area contributed by atoms with Crippen molar-refractivity contribution in [2.24, 2.45) is 5.73 Å². The van der Waals surface area contributed by atoms with Crippen molar-refractivity contribution in [2.45, 2.75) is 19.5 Å². The summed E-state index contributed by atoms with van der Waals surface area (Å²) in [5.74, 6) is -1.72. The van der Waals surface area contributed by atoms with Gasteiger partial charge in [0.05, 0.1) is 11.1 Å². The third kappa shape index (κ3) is 2.23. The lowest BCUT2D eigenvalue weighted by molar-refractivity contribution is -0.138. The van der Waals surface area contributed by atoms with Crippen LogP contribution in [0.15, 0.2) is 6.07 Å². The van der Waals surface area contributed by atoms with E-state index in [4.69, 9.17) is 11.5 Å². The Hall–Kier alpha value is -1.79. The highest BCUT2D eigenvalue weighted by Gasteiger charge is 2.36. The lowest BCUT2D eigenvalue weighted by atomic mass is 10.1. The molecule has 0 aliphatic heterocycles. The van der Waals surface area contributed by atoms with Crippen molar-refractivity contribution in [2.75, 3.05) is 5.73 Å². The summed E-state index contributed by atoms with van der Waals surface area (Å²) in [5, 5.41) is 0. The van der Waals surface area contributed by atoms with Crippen LogP contribution in [0.1, 0.15) is 28.5 Å². The molecule has 0 fully saturated rings. The highest BCUT2D eigenvalue weighted by atomic mass is 19.4. The minimum atomic E-state index is -4.68.